The van der Waals surface area contributed by atoms with E-state index in [-0.39, 0.29) is 24.3 Å². The molecule has 4 aromatic rings. The summed E-state index contributed by atoms with van der Waals surface area (Å²) >= 11 is 0. The van der Waals surface area contributed by atoms with E-state index in [1.165, 1.54) is 28.9 Å². The van der Waals surface area contributed by atoms with Gasteiger partial charge in [0.1, 0.15) is 18.2 Å². The van der Waals surface area contributed by atoms with E-state index in [1.54, 1.807) is 42.5 Å². The van der Waals surface area contributed by atoms with Gasteiger partial charge in [-0.1, -0.05) is 49.7 Å². The lowest BCUT2D eigenvalue weighted by Gasteiger charge is -2.26. The van der Waals surface area contributed by atoms with Crippen molar-refractivity contribution in [3.63, 3.8) is 0 Å². The summed E-state index contributed by atoms with van der Waals surface area (Å²) in [5, 5.41) is 10.7. The summed E-state index contributed by atoms with van der Waals surface area (Å²) in [5.41, 5.74) is 2.06. The number of carbonyl (C=O) groups excluding carboxylic acids is 1. The second-order valence-corrected chi connectivity index (χ2v) is 8.73. The number of aromatic carboxylic acids is 1. The molecule has 1 amide bonds. The van der Waals surface area contributed by atoms with Gasteiger partial charge in [-0.25, -0.2) is 19.6 Å². The van der Waals surface area contributed by atoms with E-state index >= 15 is 0 Å². The van der Waals surface area contributed by atoms with Crippen LogP contribution in [0.25, 0.3) is 10.9 Å². The van der Waals surface area contributed by atoms with Crippen molar-refractivity contribution in [1.29, 1.82) is 0 Å². The fraction of sp³-hybridized carbons (Fsp3) is 0.241. The number of benzene rings is 3. The maximum absolute atomic E-state index is 13.5. The van der Waals surface area contributed by atoms with Crippen LogP contribution >= 0.6 is 0 Å². The average molecular weight is 516 g/mol. The van der Waals surface area contributed by atoms with Crippen LogP contribution < -0.4 is 15.3 Å². The first kappa shape index (κ1) is 26.4. The minimum absolute atomic E-state index is 0.0860. The van der Waals surface area contributed by atoms with Gasteiger partial charge in [-0.2, -0.15) is 4.68 Å². The van der Waals surface area contributed by atoms with Crippen LogP contribution in [-0.4, -0.2) is 33.9 Å². The number of unbranched alkanes of at least 4 members (excludes halogenated alkanes) is 1. The number of aromatic nitrogens is 2. The molecule has 0 saturated heterocycles. The van der Waals surface area contributed by atoms with Crippen LogP contribution in [0.1, 0.15) is 47.1 Å². The van der Waals surface area contributed by atoms with Crippen LogP contribution in [0.2, 0.25) is 0 Å². The zero-order chi connectivity index (χ0) is 27.1. The summed E-state index contributed by atoms with van der Waals surface area (Å²) < 4.78 is 12.2. The minimum atomic E-state index is -0.978. The van der Waals surface area contributed by atoms with E-state index in [1.807, 2.05) is 18.2 Å². The SMILES string of the molecule is CCCCc1nc2ccccc2c(=O)n1N(Cc1ccc(OCc2ccc(C(=O)O)cc2)cc1)C(=O)OC. The van der Waals surface area contributed by atoms with Crippen molar-refractivity contribution >= 4 is 23.0 Å². The molecule has 0 spiro atoms. The van der Waals surface area contributed by atoms with Crippen LogP contribution in [0.4, 0.5) is 4.79 Å². The maximum Gasteiger partial charge on any atom is 0.429 e. The van der Waals surface area contributed by atoms with E-state index in [4.69, 9.17) is 19.6 Å². The van der Waals surface area contributed by atoms with Gasteiger partial charge in [-0.05, 0) is 53.9 Å². The first-order valence-electron chi connectivity index (χ1n) is 12.3. The van der Waals surface area contributed by atoms with Gasteiger partial charge >= 0.3 is 12.1 Å². The van der Waals surface area contributed by atoms with Crippen molar-refractivity contribution < 1.29 is 24.2 Å². The number of fused-ring (bicyclic) bond motifs is 1. The van der Waals surface area contributed by atoms with Crippen molar-refractivity contribution in [2.75, 3.05) is 12.1 Å². The molecule has 0 aliphatic rings. The molecule has 0 unspecified atom stereocenters. The Morgan fingerprint density at radius 1 is 0.974 bits per heavy atom. The quantitative estimate of drug-likeness (QED) is 0.319. The highest BCUT2D eigenvalue weighted by atomic mass is 16.5. The number of carboxylic acid groups (broad SMARTS) is 1. The second-order valence-electron chi connectivity index (χ2n) is 8.73. The number of nitrogens with zero attached hydrogens (tertiary/aromatic N) is 3. The number of carboxylic acids is 1. The molecule has 0 fully saturated rings. The Hall–Kier alpha value is -4.66. The molecule has 0 aliphatic heterocycles. The molecular formula is C29H29N3O6. The molecule has 0 aliphatic carbocycles. The zero-order valence-corrected chi connectivity index (χ0v) is 21.3. The number of carbonyl (C=O) groups is 2. The van der Waals surface area contributed by atoms with Crippen LogP contribution in [0.3, 0.4) is 0 Å². The van der Waals surface area contributed by atoms with Gasteiger partial charge in [-0.3, -0.25) is 4.79 Å². The van der Waals surface area contributed by atoms with Gasteiger partial charge in [0.15, 0.2) is 0 Å². The summed E-state index contributed by atoms with van der Waals surface area (Å²) in [4.78, 5) is 42.1. The standard InChI is InChI=1S/C29H29N3O6/c1-3-4-9-26-30-25-8-6-5-7-24(25)27(33)32(26)31(29(36)37-2)18-20-12-16-23(17-13-20)38-19-21-10-14-22(15-11-21)28(34)35/h5-8,10-17H,3-4,9,18-19H2,1-2H3,(H,34,35). The molecule has 1 heterocycles. The topological polar surface area (TPSA) is 111 Å². The lowest BCUT2D eigenvalue weighted by atomic mass is 10.1. The summed E-state index contributed by atoms with van der Waals surface area (Å²) in [7, 11) is 1.28. The van der Waals surface area contributed by atoms with E-state index in [0.29, 0.717) is 28.9 Å². The molecule has 1 N–H and O–H groups in total. The minimum Gasteiger partial charge on any atom is -0.489 e. The fourth-order valence-corrected chi connectivity index (χ4v) is 4.01. The molecule has 4 rings (SSSR count). The summed E-state index contributed by atoms with van der Waals surface area (Å²) in [6, 6.07) is 20.7. The summed E-state index contributed by atoms with van der Waals surface area (Å²) in [5.74, 6) is 0.122. The third-order valence-electron chi connectivity index (χ3n) is 6.06. The largest absolute Gasteiger partial charge is 0.489 e. The summed E-state index contributed by atoms with van der Waals surface area (Å²) in [6.07, 6.45) is 1.58. The predicted molar refractivity (Wildman–Crippen MR) is 143 cm³/mol. The number of para-hydroxylation sites is 1. The molecule has 0 bridgehead atoms. The molecule has 38 heavy (non-hydrogen) atoms. The molecule has 3 aromatic carbocycles. The molecule has 0 radical (unpaired) electrons. The maximum atomic E-state index is 13.5. The third kappa shape index (κ3) is 6.00. The Morgan fingerprint density at radius 3 is 2.32 bits per heavy atom. The van der Waals surface area contributed by atoms with E-state index in [2.05, 4.69) is 6.92 Å². The average Bonchev–Trinajstić information content (AvgIpc) is 2.94. The molecular weight excluding hydrogens is 486 g/mol. The second kappa shape index (κ2) is 12.1. The van der Waals surface area contributed by atoms with Crippen molar-refractivity contribution in [1.82, 2.24) is 9.66 Å². The number of amides is 1. The number of hydrogen-bond acceptors (Lipinski definition) is 6. The summed E-state index contributed by atoms with van der Waals surface area (Å²) in [6.45, 7) is 2.41. The van der Waals surface area contributed by atoms with Crippen LogP contribution in [-0.2, 0) is 24.3 Å². The lowest BCUT2D eigenvalue weighted by molar-refractivity contribution is 0.0696. The van der Waals surface area contributed by atoms with E-state index in [0.717, 1.165) is 24.0 Å². The third-order valence-corrected chi connectivity index (χ3v) is 6.06. The number of ether oxygens (including phenoxy) is 2. The first-order chi connectivity index (χ1) is 18.4. The molecule has 9 heteroatoms. The van der Waals surface area contributed by atoms with Crippen molar-refractivity contribution in [2.24, 2.45) is 0 Å². The monoisotopic (exact) mass is 515 g/mol. The Labute approximate surface area is 219 Å². The predicted octanol–water partition coefficient (Wildman–Crippen LogP) is 4.92. The molecule has 0 saturated carbocycles. The highest BCUT2D eigenvalue weighted by Gasteiger charge is 2.23. The number of aryl methyl sites for hydroxylation is 1. The normalized spacial score (nSPS) is 10.8. The van der Waals surface area contributed by atoms with Gasteiger partial charge in [-0.15, -0.1) is 0 Å². The lowest BCUT2D eigenvalue weighted by Crippen LogP contribution is -2.48. The molecule has 1 aromatic heterocycles. The molecule has 9 nitrogen and oxygen atoms in total. The van der Waals surface area contributed by atoms with Gasteiger partial charge in [0.05, 0.1) is 30.1 Å². The van der Waals surface area contributed by atoms with Crippen LogP contribution in [0, 0.1) is 0 Å². The van der Waals surface area contributed by atoms with Crippen molar-refractivity contribution in [3.05, 3.63) is 106 Å². The van der Waals surface area contributed by atoms with E-state index < -0.39 is 12.1 Å². The van der Waals surface area contributed by atoms with Gasteiger partial charge in [0.2, 0.25) is 0 Å². The Bertz CT molecular complexity index is 1480. The first-order valence-corrected chi connectivity index (χ1v) is 12.3. The van der Waals surface area contributed by atoms with Gasteiger partial charge in [0.25, 0.3) is 5.56 Å². The fourth-order valence-electron chi connectivity index (χ4n) is 4.01. The smallest absolute Gasteiger partial charge is 0.429 e. The van der Waals surface area contributed by atoms with Crippen molar-refractivity contribution in [2.45, 2.75) is 39.3 Å². The van der Waals surface area contributed by atoms with Gasteiger partial charge in [0, 0.05) is 6.42 Å². The van der Waals surface area contributed by atoms with Gasteiger partial charge < -0.3 is 14.6 Å². The number of hydrogen-bond donors (Lipinski definition) is 1. The Kier molecular flexibility index (Phi) is 8.37. The highest BCUT2D eigenvalue weighted by Crippen LogP contribution is 2.17. The Balaban J connectivity index is 1.57. The number of rotatable bonds is 10. The van der Waals surface area contributed by atoms with Crippen LogP contribution in [0.5, 0.6) is 5.75 Å². The highest BCUT2D eigenvalue weighted by molar-refractivity contribution is 5.87. The molecule has 196 valence electrons. The molecule has 0 atom stereocenters. The van der Waals surface area contributed by atoms with Crippen molar-refractivity contribution in [3.8, 4) is 5.75 Å². The van der Waals surface area contributed by atoms with Crippen LogP contribution in [0.15, 0.2) is 77.6 Å². The Morgan fingerprint density at radius 2 is 1.66 bits per heavy atom. The zero-order valence-electron chi connectivity index (χ0n) is 21.3. The van der Waals surface area contributed by atoms with E-state index in [9.17, 15) is 14.4 Å². The number of methoxy groups -OCH3 is 1.